The van der Waals surface area contributed by atoms with Gasteiger partial charge in [-0.15, -0.1) is 0 Å². The topological polar surface area (TPSA) is 50.2 Å². The van der Waals surface area contributed by atoms with Gasteiger partial charge in [-0.25, -0.2) is 9.78 Å². The zero-order valence-corrected chi connectivity index (χ0v) is 16.4. The van der Waals surface area contributed by atoms with Crippen molar-refractivity contribution in [3.8, 4) is 11.3 Å². The van der Waals surface area contributed by atoms with Gasteiger partial charge in [-0.2, -0.15) is 0 Å². The molecule has 2 aromatic carbocycles. The lowest BCUT2D eigenvalue weighted by atomic mass is 9.85. The number of benzene rings is 2. The lowest BCUT2D eigenvalue weighted by Crippen LogP contribution is -2.12. The molecule has 0 spiro atoms. The predicted octanol–water partition coefficient (Wildman–Crippen LogP) is 6.23. The first kappa shape index (κ1) is 19.6. The number of nitrogens with zero attached hydrogens (tertiary/aromatic N) is 1. The van der Waals surface area contributed by atoms with Gasteiger partial charge in [-0.1, -0.05) is 71.0 Å². The molecule has 1 N–H and O–H groups in total. The van der Waals surface area contributed by atoms with E-state index in [1.54, 1.807) is 0 Å². The summed E-state index contributed by atoms with van der Waals surface area (Å²) in [5.74, 6) is -0.914. The number of pyridine rings is 1. The lowest BCUT2D eigenvalue weighted by Gasteiger charge is -2.20. The van der Waals surface area contributed by atoms with Crippen molar-refractivity contribution in [1.82, 2.24) is 4.98 Å². The van der Waals surface area contributed by atoms with E-state index in [1.165, 1.54) is 0 Å². The molecule has 0 amide bonds. The average Bonchev–Trinajstić information content (AvgIpc) is 2.62. The van der Waals surface area contributed by atoms with E-state index in [4.69, 9.17) is 4.98 Å². The van der Waals surface area contributed by atoms with Crippen molar-refractivity contribution in [3.05, 3.63) is 65.2 Å². The summed E-state index contributed by atoms with van der Waals surface area (Å²) in [4.78, 5) is 16.7. The predicted molar refractivity (Wildman–Crippen MR) is 109 cm³/mol. The number of fused-ring (bicyclic) bond motifs is 1. The summed E-state index contributed by atoms with van der Waals surface area (Å²) in [6, 6.07) is 15.6. The van der Waals surface area contributed by atoms with Gasteiger partial charge in [0.2, 0.25) is 0 Å². The first-order valence-electron chi connectivity index (χ1n) is 9.02. The largest absolute Gasteiger partial charge is 0.478 e. The number of rotatable bonds is 2. The molecule has 0 aliphatic rings. The summed E-state index contributed by atoms with van der Waals surface area (Å²) < 4.78 is 0. The van der Waals surface area contributed by atoms with E-state index in [2.05, 4.69) is 20.8 Å². The fraction of sp³-hybridized carbons (Fsp3) is 0.304. The highest BCUT2D eigenvalue weighted by molar-refractivity contribution is 6.05. The Morgan fingerprint density at radius 3 is 2.15 bits per heavy atom. The number of hydrogen-bond donors (Lipinski definition) is 1. The van der Waals surface area contributed by atoms with Crippen LogP contribution in [0.4, 0.5) is 0 Å². The van der Waals surface area contributed by atoms with Crippen LogP contribution in [0.3, 0.4) is 0 Å². The maximum Gasteiger partial charge on any atom is 0.336 e. The lowest BCUT2D eigenvalue weighted by molar-refractivity contribution is 0.0698. The maximum absolute atomic E-state index is 12.0. The van der Waals surface area contributed by atoms with Crippen molar-refractivity contribution < 1.29 is 9.90 Å². The second-order valence-corrected chi connectivity index (χ2v) is 7.11. The molecule has 0 bridgehead atoms. The Morgan fingerprint density at radius 1 is 1.00 bits per heavy atom. The molecule has 0 saturated heterocycles. The second kappa shape index (κ2) is 7.69. The third-order valence-corrected chi connectivity index (χ3v) is 4.36. The Balaban J connectivity index is 0.00000117. The molecule has 0 atom stereocenters. The van der Waals surface area contributed by atoms with Gasteiger partial charge in [0, 0.05) is 10.9 Å². The van der Waals surface area contributed by atoms with Crippen LogP contribution in [0.25, 0.3) is 22.2 Å². The summed E-state index contributed by atoms with van der Waals surface area (Å²) in [6.45, 7) is 12.2. The molecule has 1 heterocycles. The molecule has 0 unspecified atom stereocenters. The third kappa shape index (κ3) is 3.77. The molecule has 3 rings (SSSR count). The van der Waals surface area contributed by atoms with Gasteiger partial charge >= 0.3 is 5.97 Å². The Labute approximate surface area is 155 Å². The highest BCUT2D eigenvalue weighted by atomic mass is 16.4. The Hall–Kier alpha value is -2.68. The van der Waals surface area contributed by atoms with Gasteiger partial charge in [0.25, 0.3) is 0 Å². The molecular formula is C23H27NO2. The van der Waals surface area contributed by atoms with Crippen LogP contribution >= 0.6 is 0 Å². The number of hydrogen-bond acceptors (Lipinski definition) is 2. The quantitative estimate of drug-likeness (QED) is 0.596. The van der Waals surface area contributed by atoms with E-state index in [9.17, 15) is 9.90 Å². The first-order valence-corrected chi connectivity index (χ1v) is 9.02. The van der Waals surface area contributed by atoms with Crippen LogP contribution in [0.2, 0.25) is 0 Å². The van der Waals surface area contributed by atoms with Crippen molar-refractivity contribution in [1.29, 1.82) is 0 Å². The molecule has 3 nitrogen and oxygen atoms in total. The Bertz CT molecular complexity index is 922. The van der Waals surface area contributed by atoms with Crippen LogP contribution in [0.15, 0.2) is 48.5 Å². The number of aromatic nitrogens is 1. The van der Waals surface area contributed by atoms with E-state index in [0.717, 1.165) is 16.8 Å². The van der Waals surface area contributed by atoms with Crippen molar-refractivity contribution in [3.63, 3.8) is 0 Å². The van der Waals surface area contributed by atoms with Crippen molar-refractivity contribution >= 4 is 16.9 Å². The third-order valence-electron chi connectivity index (χ3n) is 4.36. The number of carboxylic acid groups (broad SMARTS) is 1. The molecule has 0 radical (unpaired) electrons. The zero-order valence-electron chi connectivity index (χ0n) is 16.4. The fourth-order valence-electron chi connectivity index (χ4n) is 2.98. The maximum atomic E-state index is 12.0. The van der Waals surface area contributed by atoms with Gasteiger partial charge < -0.3 is 5.11 Å². The monoisotopic (exact) mass is 349 g/mol. The van der Waals surface area contributed by atoms with Crippen molar-refractivity contribution in [2.45, 2.75) is 47.0 Å². The van der Waals surface area contributed by atoms with Crippen LogP contribution < -0.4 is 0 Å². The molecule has 0 saturated carbocycles. The molecule has 1 aromatic heterocycles. The number of carboxylic acids is 1. The summed E-state index contributed by atoms with van der Waals surface area (Å²) in [6.07, 6.45) is 0. The van der Waals surface area contributed by atoms with Gasteiger partial charge in [0.15, 0.2) is 0 Å². The molecule has 0 aliphatic heterocycles. The average molecular weight is 349 g/mol. The molecule has 3 aromatic rings. The van der Waals surface area contributed by atoms with Gasteiger partial charge in [0.1, 0.15) is 0 Å². The molecule has 0 aliphatic carbocycles. The standard InChI is InChI=1S/C21H21NO2.C2H6/c1-13-18(20(23)24)16-12-15(21(2,3)4)10-11-17(16)22-19(13)14-8-6-5-7-9-14;1-2/h5-12H,1-4H3,(H,23,24);1-2H3. The van der Waals surface area contributed by atoms with Crippen LogP contribution in [0.5, 0.6) is 0 Å². The molecule has 26 heavy (non-hydrogen) atoms. The highest BCUT2D eigenvalue weighted by Crippen LogP contribution is 2.32. The SMILES string of the molecule is CC.Cc1c(-c2ccccc2)nc2ccc(C(C)(C)C)cc2c1C(=O)O. The van der Waals surface area contributed by atoms with Crippen molar-refractivity contribution in [2.75, 3.05) is 0 Å². The van der Waals surface area contributed by atoms with E-state index >= 15 is 0 Å². The minimum atomic E-state index is -0.914. The normalized spacial score (nSPS) is 11.0. The van der Waals surface area contributed by atoms with Crippen LogP contribution in [0.1, 0.15) is 56.1 Å². The smallest absolute Gasteiger partial charge is 0.336 e. The summed E-state index contributed by atoms with van der Waals surface area (Å²) in [7, 11) is 0. The van der Waals surface area contributed by atoms with E-state index in [0.29, 0.717) is 22.0 Å². The molecular weight excluding hydrogens is 322 g/mol. The number of aromatic carboxylic acids is 1. The van der Waals surface area contributed by atoms with Crippen LogP contribution in [0, 0.1) is 6.92 Å². The summed E-state index contributed by atoms with van der Waals surface area (Å²) >= 11 is 0. The number of carbonyl (C=O) groups is 1. The Morgan fingerprint density at radius 2 is 1.62 bits per heavy atom. The second-order valence-electron chi connectivity index (χ2n) is 7.11. The first-order chi connectivity index (χ1) is 12.3. The summed E-state index contributed by atoms with van der Waals surface area (Å²) in [5.41, 5.74) is 4.47. The molecule has 136 valence electrons. The van der Waals surface area contributed by atoms with E-state index < -0.39 is 5.97 Å². The van der Waals surface area contributed by atoms with Crippen molar-refractivity contribution in [2.24, 2.45) is 0 Å². The highest BCUT2D eigenvalue weighted by Gasteiger charge is 2.21. The Kier molecular flexibility index (Phi) is 5.81. The fourth-order valence-corrected chi connectivity index (χ4v) is 2.98. The van der Waals surface area contributed by atoms with E-state index in [-0.39, 0.29) is 5.41 Å². The van der Waals surface area contributed by atoms with Gasteiger partial charge in [-0.05, 0) is 35.6 Å². The minimum Gasteiger partial charge on any atom is -0.478 e. The summed E-state index contributed by atoms with van der Waals surface area (Å²) in [5, 5.41) is 10.5. The van der Waals surface area contributed by atoms with E-state index in [1.807, 2.05) is 69.3 Å². The molecule has 3 heteroatoms. The van der Waals surface area contributed by atoms with Gasteiger partial charge in [-0.3, -0.25) is 0 Å². The zero-order chi connectivity index (χ0) is 19.5. The molecule has 0 fully saturated rings. The van der Waals surface area contributed by atoms with Crippen LogP contribution in [-0.4, -0.2) is 16.1 Å². The minimum absolute atomic E-state index is 0.0457. The van der Waals surface area contributed by atoms with Gasteiger partial charge in [0.05, 0.1) is 16.8 Å². The van der Waals surface area contributed by atoms with Crippen LogP contribution in [-0.2, 0) is 5.41 Å².